The molecule has 8 aromatic carbocycles. The van der Waals surface area contributed by atoms with Crippen LogP contribution in [0.4, 0.5) is 0 Å². The zero-order valence-electron chi connectivity index (χ0n) is 24.0. The molecule has 44 heavy (non-hydrogen) atoms. The first-order valence-corrected chi connectivity index (χ1v) is 14.9. The maximum absolute atomic E-state index is 9.25. The zero-order chi connectivity index (χ0) is 29.5. The van der Waals surface area contributed by atoms with Crippen molar-refractivity contribution in [3.8, 4) is 50.6 Å². The molecular weight excluding hydrogens is 530 g/mol. The average Bonchev–Trinajstić information content (AvgIpc) is 3.10. The lowest BCUT2D eigenvalue weighted by atomic mass is 9.85. The van der Waals surface area contributed by atoms with E-state index in [4.69, 9.17) is 0 Å². The maximum Gasteiger partial charge on any atom is 0.0991 e. The number of hydrogen-bond acceptors (Lipinski definition) is 1. The molecule has 0 saturated heterocycles. The average molecular weight is 558 g/mol. The minimum atomic E-state index is 0.669. The predicted molar refractivity (Wildman–Crippen MR) is 185 cm³/mol. The van der Waals surface area contributed by atoms with Gasteiger partial charge in [0.1, 0.15) is 0 Å². The van der Waals surface area contributed by atoms with Crippen LogP contribution < -0.4 is 0 Å². The van der Waals surface area contributed by atoms with Gasteiger partial charge in [0.15, 0.2) is 0 Å². The highest BCUT2D eigenvalue weighted by Gasteiger charge is 2.17. The van der Waals surface area contributed by atoms with Crippen molar-refractivity contribution in [2.45, 2.75) is 0 Å². The van der Waals surface area contributed by atoms with Crippen molar-refractivity contribution in [1.82, 2.24) is 0 Å². The molecule has 204 valence electrons. The second-order valence-corrected chi connectivity index (χ2v) is 11.3. The fraction of sp³-hybridized carbons (Fsp3) is 0. The van der Waals surface area contributed by atoms with E-state index in [1.54, 1.807) is 0 Å². The molecule has 0 aliphatic rings. The van der Waals surface area contributed by atoms with E-state index in [9.17, 15) is 5.26 Å². The van der Waals surface area contributed by atoms with Gasteiger partial charge in [-0.05, 0) is 101 Å². The van der Waals surface area contributed by atoms with Gasteiger partial charge in [-0.3, -0.25) is 0 Å². The lowest BCUT2D eigenvalue weighted by Crippen LogP contribution is -1.91. The van der Waals surface area contributed by atoms with Crippen LogP contribution in [-0.4, -0.2) is 0 Å². The van der Waals surface area contributed by atoms with Crippen LogP contribution in [0, 0.1) is 11.3 Å². The highest BCUT2D eigenvalue weighted by Crippen LogP contribution is 2.44. The first kappa shape index (κ1) is 25.7. The largest absolute Gasteiger partial charge is 0.192 e. The summed E-state index contributed by atoms with van der Waals surface area (Å²) >= 11 is 0. The summed E-state index contributed by atoms with van der Waals surface area (Å²) in [6.45, 7) is 0. The Balaban J connectivity index is 1.29. The van der Waals surface area contributed by atoms with Crippen molar-refractivity contribution >= 4 is 32.3 Å². The van der Waals surface area contributed by atoms with Gasteiger partial charge in [0.05, 0.1) is 11.6 Å². The minimum absolute atomic E-state index is 0.669. The van der Waals surface area contributed by atoms with Crippen LogP contribution in [0.1, 0.15) is 5.56 Å². The van der Waals surface area contributed by atoms with Gasteiger partial charge >= 0.3 is 0 Å². The van der Waals surface area contributed by atoms with Crippen molar-refractivity contribution in [3.05, 3.63) is 169 Å². The highest BCUT2D eigenvalue weighted by atomic mass is 14.2. The SMILES string of the molecule is N#Cc1ccc(-c2cccc(-c3c4ccccc4c(-c4ccc(-c5ccc6ccccc6c5)cc4)c4ccccc34)c2)cc1. The topological polar surface area (TPSA) is 23.8 Å². The summed E-state index contributed by atoms with van der Waals surface area (Å²) in [7, 11) is 0. The quantitative estimate of drug-likeness (QED) is 0.197. The van der Waals surface area contributed by atoms with Crippen molar-refractivity contribution in [1.29, 1.82) is 5.26 Å². The van der Waals surface area contributed by atoms with Gasteiger partial charge in [0.25, 0.3) is 0 Å². The molecule has 0 fully saturated rings. The van der Waals surface area contributed by atoms with Crippen LogP contribution in [0.5, 0.6) is 0 Å². The van der Waals surface area contributed by atoms with Gasteiger partial charge < -0.3 is 0 Å². The molecule has 0 atom stereocenters. The fourth-order valence-electron chi connectivity index (χ4n) is 6.54. The smallest absolute Gasteiger partial charge is 0.0991 e. The Bertz CT molecular complexity index is 2320. The third-order valence-corrected chi connectivity index (χ3v) is 8.69. The summed E-state index contributed by atoms with van der Waals surface area (Å²) in [6, 6.07) is 60.6. The second kappa shape index (κ2) is 10.7. The lowest BCUT2D eigenvalue weighted by Gasteiger charge is -2.18. The van der Waals surface area contributed by atoms with Gasteiger partial charge in [-0.2, -0.15) is 5.26 Å². The summed E-state index contributed by atoms with van der Waals surface area (Å²) in [5, 5.41) is 16.7. The van der Waals surface area contributed by atoms with Gasteiger partial charge in [-0.1, -0.05) is 140 Å². The molecule has 0 aliphatic carbocycles. The molecule has 0 aliphatic heterocycles. The lowest BCUT2D eigenvalue weighted by molar-refractivity contribution is 1.48. The third-order valence-electron chi connectivity index (χ3n) is 8.69. The Morgan fingerprint density at radius 2 is 0.773 bits per heavy atom. The van der Waals surface area contributed by atoms with Crippen molar-refractivity contribution in [2.75, 3.05) is 0 Å². The molecule has 0 amide bonds. The molecule has 0 N–H and O–H groups in total. The monoisotopic (exact) mass is 557 g/mol. The first-order chi connectivity index (χ1) is 21.8. The second-order valence-electron chi connectivity index (χ2n) is 11.3. The van der Waals surface area contributed by atoms with Crippen LogP contribution in [0.2, 0.25) is 0 Å². The van der Waals surface area contributed by atoms with Crippen LogP contribution in [-0.2, 0) is 0 Å². The first-order valence-electron chi connectivity index (χ1n) is 14.9. The normalized spacial score (nSPS) is 11.2. The summed E-state index contributed by atoms with van der Waals surface area (Å²) in [5.74, 6) is 0. The van der Waals surface area contributed by atoms with Crippen LogP contribution in [0.25, 0.3) is 76.8 Å². The van der Waals surface area contributed by atoms with E-state index in [0.717, 1.165) is 11.1 Å². The van der Waals surface area contributed by atoms with Crippen molar-refractivity contribution < 1.29 is 0 Å². The molecule has 0 spiro atoms. The Morgan fingerprint density at radius 1 is 0.318 bits per heavy atom. The van der Waals surface area contributed by atoms with Crippen LogP contribution >= 0.6 is 0 Å². The fourth-order valence-corrected chi connectivity index (χ4v) is 6.54. The van der Waals surface area contributed by atoms with Crippen molar-refractivity contribution in [3.63, 3.8) is 0 Å². The number of rotatable bonds is 4. The Morgan fingerprint density at radius 3 is 1.39 bits per heavy atom. The van der Waals surface area contributed by atoms with E-state index < -0.39 is 0 Å². The minimum Gasteiger partial charge on any atom is -0.192 e. The molecule has 8 aromatic rings. The molecule has 1 nitrogen and oxygen atoms in total. The highest BCUT2D eigenvalue weighted by molar-refractivity contribution is 6.21. The Kier molecular flexibility index (Phi) is 6.25. The number of hydrogen-bond donors (Lipinski definition) is 0. The molecule has 8 rings (SSSR count). The molecule has 0 bridgehead atoms. The number of nitriles is 1. The van der Waals surface area contributed by atoms with E-state index in [0.29, 0.717) is 5.56 Å². The number of fused-ring (bicyclic) bond motifs is 3. The third kappa shape index (κ3) is 4.42. The van der Waals surface area contributed by atoms with Gasteiger partial charge in [0, 0.05) is 0 Å². The van der Waals surface area contributed by atoms with Crippen LogP contribution in [0.15, 0.2) is 164 Å². The Labute approximate surface area is 256 Å². The molecular formula is C43H27N. The molecule has 0 unspecified atom stereocenters. The predicted octanol–water partition coefficient (Wildman–Crippen LogP) is 11.7. The van der Waals surface area contributed by atoms with Gasteiger partial charge in [-0.15, -0.1) is 0 Å². The van der Waals surface area contributed by atoms with Gasteiger partial charge in [0.2, 0.25) is 0 Å². The van der Waals surface area contributed by atoms with Crippen LogP contribution in [0.3, 0.4) is 0 Å². The van der Waals surface area contributed by atoms with Gasteiger partial charge in [-0.25, -0.2) is 0 Å². The number of nitrogens with zero attached hydrogens (tertiary/aromatic N) is 1. The molecule has 0 aromatic heterocycles. The molecule has 1 heteroatoms. The number of benzene rings is 8. The van der Waals surface area contributed by atoms with Crippen molar-refractivity contribution in [2.24, 2.45) is 0 Å². The summed E-state index contributed by atoms with van der Waals surface area (Å²) < 4.78 is 0. The zero-order valence-corrected chi connectivity index (χ0v) is 24.0. The molecule has 0 radical (unpaired) electrons. The van der Waals surface area contributed by atoms with E-state index in [1.807, 2.05) is 24.3 Å². The van der Waals surface area contributed by atoms with E-state index in [2.05, 4.69) is 146 Å². The summed E-state index contributed by atoms with van der Waals surface area (Å²) in [5.41, 5.74) is 10.2. The van der Waals surface area contributed by atoms with E-state index in [1.165, 1.54) is 65.7 Å². The van der Waals surface area contributed by atoms with E-state index in [-0.39, 0.29) is 0 Å². The molecule has 0 heterocycles. The summed E-state index contributed by atoms with van der Waals surface area (Å²) in [6.07, 6.45) is 0. The standard InChI is InChI=1S/C43H27N/c44-28-29-16-18-31(19-17-29)35-10-7-11-37(27-35)43-40-14-5-3-12-38(40)42(39-13-4-6-15-41(39)43)33-23-20-32(21-24-33)36-25-22-30-8-1-2-9-34(30)26-36/h1-27H. The molecule has 0 saturated carbocycles. The maximum atomic E-state index is 9.25. The Hall–Kier alpha value is -5.97. The van der Waals surface area contributed by atoms with E-state index >= 15 is 0 Å². The summed E-state index contributed by atoms with van der Waals surface area (Å²) in [4.78, 5) is 0.